The molecule has 1 amide bonds. The monoisotopic (exact) mass is 204 g/mol. The second-order valence-electron chi connectivity index (χ2n) is 3.93. The molecule has 2 aliphatic heterocycles. The highest BCUT2D eigenvalue weighted by Gasteiger charge is 2.37. The summed E-state index contributed by atoms with van der Waals surface area (Å²) in [6.45, 7) is 1.31. The largest absolute Gasteiger partial charge is 0.275 e. The van der Waals surface area contributed by atoms with Gasteiger partial charge in [0, 0.05) is 38.9 Å². The molecule has 0 unspecified atom stereocenters. The molecule has 14 heavy (non-hydrogen) atoms. The van der Waals surface area contributed by atoms with Crippen molar-refractivity contribution in [1.82, 2.24) is 10.0 Å². The summed E-state index contributed by atoms with van der Waals surface area (Å²) in [6.07, 6.45) is 1.16. The van der Waals surface area contributed by atoms with Gasteiger partial charge in [0.15, 0.2) is 0 Å². The molecule has 0 N–H and O–H groups in total. The van der Waals surface area contributed by atoms with E-state index in [1.54, 1.807) is 10.0 Å². The molecule has 0 atom stereocenters. The van der Waals surface area contributed by atoms with Crippen LogP contribution in [-0.4, -0.2) is 41.5 Å². The molecule has 2 rings (SSSR count). The first-order valence-corrected chi connectivity index (χ1v) is 5.02. The van der Waals surface area contributed by atoms with E-state index < -0.39 is 5.92 Å². The fourth-order valence-electron chi connectivity index (χ4n) is 2.00. The Balaban J connectivity index is 1.92. The Labute approximate surface area is 81.6 Å². The van der Waals surface area contributed by atoms with Crippen LogP contribution in [0.2, 0.25) is 0 Å². The fraction of sp³-hybridized carbons (Fsp3) is 0.889. The summed E-state index contributed by atoms with van der Waals surface area (Å²) in [5, 5.41) is 3.40. The van der Waals surface area contributed by atoms with Crippen LogP contribution in [-0.2, 0) is 4.79 Å². The fourth-order valence-corrected chi connectivity index (χ4v) is 2.00. The molecule has 0 aliphatic carbocycles. The van der Waals surface area contributed by atoms with Gasteiger partial charge >= 0.3 is 0 Å². The molecule has 0 radical (unpaired) electrons. The van der Waals surface area contributed by atoms with E-state index in [4.69, 9.17) is 0 Å². The van der Waals surface area contributed by atoms with Crippen LogP contribution in [0, 0.1) is 0 Å². The lowest BCUT2D eigenvalue weighted by Crippen LogP contribution is -2.49. The average molecular weight is 204 g/mol. The van der Waals surface area contributed by atoms with Gasteiger partial charge < -0.3 is 0 Å². The normalized spacial score (nSPS) is 28.4. The second kappa shape index (κ2) is 3.46. The predicted octanol–water partition coefficient (Wildman–Crippen LogP) is 1.25. The van der Waals surface area contributed by atoms with Gasteiger partial charge in [-0.25, -0.2) is 13.8 Å². The van der Waals surface area contributed by atoms with Crippen molar-refractivity contribution in [2.75, 3.05) is 19.6 Å². The minimum absolute atomic E-state index is 0.0789. The molecular weight excluding hydrogens is 190 g/mol. The number of piperidine rings is 1. The number of carbonyl (C=O) groups excluding carboxylic acids is 1. The van der Waals surface area contributed by atoms with Crippen molar-refractivity contribution >= 4 is 5.91 Å². The van der Waals surface area contributed by atoms with Crippen molar-refractivity contribution in [2.24, 2.45) is 0 Å². The van der Waals surface area contributed by atoms with E-state index in [1.165, 1.54) is 0 Å². The van der Waals surface area contributed by atoms with E-state index in [-0.39, 0.29) is 18.7 Å². The number of nitrogens with zero attached hydrogens (tertiary/aromatic N) is 2. The Morgan fingerprint density at radius 1 is 1.14 bits per heavy atom. The lowest BCUT2D eigenvalue weighted by molar-refractivity contribution is -0.154. The highest BCUT2D eigenvalue weighted by molar-refractivity contribution is 5.77. The third-order valence-electron chi connectivity index (χ3n) is 2.86. The standard InChI is InChI=1S/C9H14F2N2O/c10-9(11)3-6-12(7-4-9)13-5-1-2-8(13)14/h1-7H2. The van der Waals surface area contributed by atoms with Crippen LogP contribution in [0.5, 0.6) is 0 Å². The van der Waals surface area contributed by atoms with Gasteiger partial charge in [-0.1, -0.05) is 0 Å². The van der Waals surface area contributed by atoms with E-state index in [1.807, 2.05) is 0 Å². The number of amides is 1. The van der Waals surface area contributed by atoms with Gasteiger partial charge in [-0.3, -0.25) is 9.80 Å². The van der Waals surface area contributed by atoms with E-state index in [9.17, 15) is 13.6 Å². The van der Waals surface area contributed by atoms with Gasteiger partial charge in [-0.15, -0.1) is 0 Å². The van der Waals surface area contributed by atoms with Gasteiger partial charge in [0.1, 0.15) is 0 Å². The van der Waals surface area contributed by atoms with Gasteiger partial charge in [0.2, 0.25) is 5.91 Å². The number of hydrazine groups is 1. The van der Waals surface area contributed by atoms with Crippen molar-refractivity contribution in [3.05, 3.63) is 0 Å². The van der Waals surface area contributed by atoms with Crippen molar-refractivity contribution < 1.29 is 13.6 Å². The molecular formula is C9H14F2N2O. The number of halogens is 2. The van der Waals surface area contributed by atoms with Gasteiger partial charge in [-0.05, 0) is 6.42 Å². The molecule has 2 fully saturated rings. The maximum Gasteiger partial charge on any atom is 0.250 e. The Morgan fingerprint density at radius 3 is 2.29 bits per heavy atom. The highest BCUT2D eigenvalue weighted by Crippen LogP contribution is 2.29. The molecule has 2 saturated heterocycles. The predicted molar refractivity (Wildman–Crippen MR) is 46.7 cm³/mol. The van der Waals surface area contributed by atoms with Crippen LogP contribution >= 0.6 is 0 Å². The molecule has 0 bridgehead atoms. The molecule has 0 saturated carbocycles. The van der Waals surface area contributed by atoms with Crippen molar-refractivity contribution in [3.63, 3.8) is 0 Å². The topological polar surface area (TPSA) is 23.6 Å². The quantitative estimate of drug-likeness (QED) is 0.642. The summed E-state index contributed by atoms with van der Waals surface area (Å²) in [6, 6.07) is 0. The molecule has 0 aromatic rings. The van der Waals surface area contributed by atoms with E-state index in [0.717, 1.165) is 6.42 Å². The van der Waals surface area contributed by atoms with E-state index >= 15 is 0 Å². The Kier molecular flexibility index (Phi) is 2.43. The Hall–Kier alpha value is -0.710. The lowest BCUT2D eigenvalue weighted by Gasteiger charge is -2.37. The molecule has 5 heteroatoms. The van der Waals surface area contributed by atoms with Gasteiger partial charge in [-0.2, -0.15) is 0 Å². The first-order chi connectivity index (χ1) is 6.58. The molecule has 2 aliphatic rings. The smallest absolute Gasteiger partial charge is 0.250 e. The number of alkyl halides is 2. The number of rotatable bonds is 1. The SMILES string of the molecule is O=C1CCCN1N1CCC(F)(F)CC1. The van der Waals surface area contributed by atoms with Crippen LogP contribution in [0.3, 0.4) is 0 Å². The van der Waals surface area contributed by atoms with Crippen LogP contribution < -0.4 is 0 Å². The first-order valence-electron chi connectivity index (χ1n) is 5.02. The number of hydrogen-bond acceptors (Lipinski definition) is 2. The van der Waals surface area contributed by atoms with Crippen LogP contribution in [0.1, 0.15) is 25.7 Å². The summed E-state index contributed by atoms with van der Waals surface area (Å²) in [4.78, 5) is 11.3. The summed E-state index contributed by atoms with van der Waals surface area (Å²) < 4.78 is 25.7. The van der Waals surface area contributed by atoms with Crippen LogP contribution in [0.15, 0.2) is 0 Å². The lowest BCUT2D eigenvalue weighted by atomic mass is 10.1. The summed E-state index contributed by atoms with van der Waals surface area (Å²) in [7, 11) is 0. The summed E-state index contributed by atoms with van der Waals surface area (Å²) >= 11 is 0. The molecule has 2 heterocycles. The summed E-state index contributed by atoms with van der Waals surface area (Å²) in [5.41, 5.74) is 0. The minimum Gasteiger partial charge on any atom is -0.275 e. The van der Waals surface area contributed by atoms with Gasteiger partial charge in [0.05, 0.1) is 0 Å². The zero-order valence-corrected chi connectivity index (χ0v) is 8.01. The zero-order valence-electron chi connectivity index (χ0n) is 8.01. The molecule has 80 valence electrons. The van der Waals surface area contributed by atoms with Crippen LogP contribution in [0.25, 0.3) is 0 Å². The average Bonchev–Trinajstić information content (AvgIpc) is 2.52. The minimum atomic E-state index is -2.53. The molecule has 0 aromatic heterocycles. The van der Waals surface area contributed by atoms with Crippen molar-refractivity contribution in [3.8, 4) is 0 Å². The second-order valence-corrected chi connectivity index (χ2v) is 3.93. The van der Waals surface area contributed by atoms with Crippen LogP contribution in [0.4, 0.5) is 8.78 Å². The van der Waals surface area contributed by atoms with E-state index in [2.05, 4.69) is 0 Å². The maximum atomic E-state index is 12.8. The zero-order chi connectivity index (χ0) is 10.2. The van der Waals surface area contributed by atoms with Gasteiger partial charge in [0.25, 0.3) is 5.92 Å². The maximum absolute atomic E-state index is 12.8. The van der Waals surface area contributed by atoms with E-state index in [0.29, 0.717) is 26.1 Å². The molecule has 3 nitrogen and oxygen atoms in total. The van der Waals surface area contributed by atoms with Crippen molar-refractivity contribution in [2.45, 2.75) is 31.6 Å². The number of hydrogen-bond donors (Lipinski definition) is 0. The Bertz CT molecular complexity index is 235. The highest BCUT2D eigenvalue weighted by atomic mass is 19.3. The molecule has 0 spiro atoms. The number of carbonyl (C=O) groups is 1. The third kappa shape index (κ3) is 1.87. The Morgan fingerprint density at radius 2 is 1.79 bits per heavy atom. The first kappa shape index (κ1) is 9.83. The van der Waals surface area contributed by atoms with Crippen molar-refractivity contribution in [1.29, 1.82) is 0 Å². The summed E-state index contributed by atoms with van der Waals surface area (Å²) in [5.74, 6) is -2.45. The third-order valence-corrected chi connectivity index (χ3v) is 2.86. The molecule has 0 aromatic carbocycles.